The second-order valence-electron chi connectivity index (χ2n) is 5.52. The fourth-order valence-corrected chi connectivity index (χ4v) is 5.73. The van der Waals surface area contributed by atoms with Crippen LogP contribution in [0.4, 0.5) is 0 Å². The van der Waals surface area contributed by atoms with Crippen molar-refractivity contribution >= 4 is 32.4 Å². The molecule has 0 aliphatic carbocycles. The normalized spacial score (nSPS) is 32.3. The van der Waals surface area contributed by atoms with E-state index >= 15 is 0 Å². The molecule has 0 aromatic carbocycles. The molecule has 21 heavy (non-hydrogen) atoms. The Bertz CT molecular complexity index is 489. The maximum atomic E-state index is 10.6. The minimum atomic E-state index is -4.32. The summed E-state index contributed by atoms with van der Waals surface area (Å²) < 4.78 is 40.2. The van der Waals surface area contributed by atoms with Crippen LogP contribution in [0.25, 0.3) is 0 Å². The van der Waals surface area contributed by atoms with Gasteiger partial charge >= 0.3 is 130 Å². The number of rotatable bonds is 7. The second kappa shape index (κ2) is 7.37. The summed E-state index contributed by atoms with van der Waals surface area (Å²) >= 11 is -2.26. The molecule has 0 aromatic rings. The van der Waals surface area contributed by atoms with E-state index in [1.165, 1.54) is 0 Å². The Morgan fingerprint density at radius 3 is 2.38 bits per heavy atom. The maximum absolute atomic E-state index is 10.6. The molecule has 0 spiro atoms. The van der Waals surface area contributed by atoms with Crippen molar-refractivity contribution in [3.05, 3.63) is 0 Å². The van der Waals surface area contributed by atoms with E-state index in [9.17, 15) is 23.7 Å². The fraction of sp³-hybridized carbons (Fsp3) is 1.00. The monoisotopic (exact) mass is 408 g/mol. The van der Waals surface area contributed by atoms with Crippen molar-refractivity contribution in [2.75, 3.05) is 12.4 Å². The van der Waals surface area contributed by atoms with Crippen molar-refractivity contribution in [3.8, 4) is 0 Å². The molecule has 11 heteroatoms. The van der Waals surface area contributed by atoms with Gasteiger partial charge in [0, 0.05) is 0 Å². The molecule has 1 unspecified atom stereocenters. The van der Waals surface area contributed by atoms with Gasteiger partial charge in [0.05, 0.1) is 0 Å². The van der Waals surface area contributed by atoms with Crippen molar-refractivity contribution in [2.24, 2.45) is 0 Å². The topological polar surface area (TPSA) is 134 Å². The Balaban J connectivity index is 2.52. The van der Waals surface area contributed by atoms with Crippen LogP contribution < -0.4 is 0 Å². The van der Waals surface area contributed by atoms with Gasteiger partial charge in [-0.25, -0.2) is 0 Å². The summed E-state index contributed by atoms with van der Waals surface area (Å²) in [7, 11) is 1.02. The van der Waals surface area contributed by atoms with E-state index in [2.05, 4.69) is 0 Å². The zero-order valence-corrected chi connectivity index (χ0v) is 15.2. The molecule has 1 heterocycles. The van der Waals surface area contributed by atoms with Crippen LogP contribution in [0.5, 0.6) is 0 Å². The SMILES string of the molecule is C[As](C)(=S)C[C@H]1O[C@@H](OCC(O)CS(=O)(=O)O)[C@H](O)[C@@H]1O. The Morgan fingerprint density at radius 1 is 1.33 bits per heavy atom. The Labute approximate surface area is 130 Å². The molecule has 126 valence electrons. The van der Waals surface area contributed by atoms with Crippen LogP contribution in [0.15, 0.2) is 0 Å². The molecule has 0 amide bonds. The van der Waals surface area contributed by atoms with Gasteiger partial charge in [-0.1, -0.05) is 0 Å². The fourth-order valence-electron chi connectivity index (χ4n) is 1.93. The Hall–Kier alpha value is 0.488. The van der Waals surface area contributed by atoms with Gasteiger partial charge < -0.3 is 0 Å². The number of ether oxygens (including phenoxy) is 2. The van der Waals surface area contributed by atoms with Crippen LogP contribution in [0.2, 0.25) is 16.6 Å². The van der Waals surface area contributed by atoms with Gasteiger partial charge in [-0.2, -0.15) is 0 Å². The number of hydrogen-bond acceptors (Lipinski definition) is 8. The summed E-state index contributed by atoms with van der Waals surface area (Å²) in [5, 5.41) is 29.5. The standard InChI is InChI=1S/C10H21AsO8S2/c1-11(2,20)3-7-8(13)9(14)10(19-7)18-4-6(12)5-21(15,16)17/h6-10,12-14H,3-5H2,1-2H3,(H,15,16,17)/t6?,7-,8-,9-,10-/m1/s1. The number of aliphatic hydroxyl groups excluding tert-OH is 3. The predicted molar refractivity (Wildman–Crippen MR) is 78.9 cm³/mol. The first-order valence-electron chi connectivity index (χ1n) is 6.19. The van der Waals surface area contributed by atoms with Gasteiger partial charge in [0.2, 0.25) is 0 Å². The van der Waals surface area contributed by atoms with Crippen molar-refractivity contribution in [3.63, 3.8) is 0 Å². The zero-order chi connectivity index (χ0) is 16.4. The van der Waals surface area contributed by atoms with Gasteiger partial charge in [-0.3, -0.25) is 0 Å². The summed E-state index contributed by atoms with van der Waals surface area (Å²) in [6, 6.07) is 0. The summed E-state index contributed by atoms with van der Waals surface area (Å²) in [5.74, 6) is -0.879. The second-order valence-corrected chi connectivity index (χ2v) is 19.5. The summed E-state index contributed by atoms with van der Waals surface area (Å²) in [5.41, 5.74) is 3.89. The van der Waals surface area contributed by atoms with Crippen LogP contribution in [-0.4, -0.2) is 83.2 Å². The van der Waals surface area contributed by atoms with E-state index in [0.29, 0.717) is 5.21 Å². The first-order valence-corrected chi connectivity index (χ1v) is 15.5. The van der Waals surface area contributed by atoms with Gasteiger partial charge in [-0.05, 0) is 0 Å². The molecule has 1 aliphatic rings. The van der Waals surface area contributed by atoms with E-state index in [-0.39, 0.29) is 0 Å². The molecule has 0 saturated carbocycles. The average Bonchev–Trinajstić information content (AvgIpc) is 2.50. The third-order valence-electron chi connectivity index (χ3n) is 2.79. The molecule has 1 aliphatic heterocycles. The summed E-state index contributed by atoms with van der Waals surface area (Å²) in [6.07, 6.45) is -5.71. The Morgan fingerprint density at radius 2 is 1.90 bits per heavy atom. The molecule has 4 N–H and O–H groups in total. The van der Waals surface area contributed by atoms with Gasteiger partial charge in [-0.15, -0.1) is 0 Å². The van der Waals surface area contributed by atoms with E-state index in [0.717, 1.165) is 0 Å². The number of aliphatic hydroxyl groups is 3. The predicted octanol–water partition coefficient (Wildman–Crippen LogP) is -0.899. The molecule has 1 saturated heterocycles. The van der Waals surface area contributed by atoms with E-state index < -0.39 is 65.1 Å². The molecular formula is C10H21AsO8S2. The van der Waals surface area contributed by atoms with Gasteiger partial charge in [0.1, 0.15) is 0 Å². The van der Waals surface area contributed by atoms with Gasteiger partial charge in [0.25, 0.3) is 0 Å². The van der Waals surface area contributed by atoms with E-state index in [4.69, 9.17) is 24.4 Å². The zero-order valence-electron chi connectivity index (χ0n) is 11.7. The molecule has 5 atom stereocenters. The van der Waals surface area contributed by atoms with Crippen molar-refractivity contribution < 1.29 is 37.8 Å². The average molecular weight is 408 g/mol. The third kappa shape index (κ3) is 7.06. The number of hydrogen-bond donors (Lipinski definition) is 4. The Kier molecular flexibility index (Phi) is 6.86. The van der Waals surface area contributed by atoms with Crippen molar-refractivity contribution in [1.82, 2.24) is 0 Å². The molecule has 1 rings (SSSR count). The van der Waals surface area contributed by atoms with E-state index in [1.807, 2.05) is 11.4 Å². The van der Waals surface area contributed by atoms with Crippen LogP contribution >= 0.6 is 10.4 Å². The molecule has 0 aromatic heterocycles. The molecule has 8 nitrogen and oxygen atoms in total. The first kappa shape index (κ1) is 19.5. The van der Waals surface area contributed by atoms with Crippen LogP contribution in [0.3, 0.4) is 0 Å². The molecular weight excluding hydrogens is 387 g/mol. The first-order chi connectivity index (χ1) is 9.39. The quantitative estimate of drug-likeness (QED) is 0.312. The third-order valence-corrected chi connectivity index (χ3v) is 6.97. The molecule has 0 radical (unpaired) electrons. The minimum absolute atomic E-state index is 0.460. The molecule has 1 fully saturated rings. The van der Waals surface area contributed by atoms with Gasteiger partial charge in [0.15, 0.2) is 0 Å². The summed E-state index contributed by atoms with van der Waals surface area (Å²) in [6.45, 7) is -0.460. The van der Waals surface area contributed by atoms with Crippen LogP contribution in [0.1, 0.15) is 0 Å². The van der Waals surface area contributed by atoms with Crippen LogP contribution in [0, 0.1) is 0 Å². The van der Waals surface area contributed by atoms with Crippen molar-refractivity contribution in [2.45, 2.75) is 47.3 Å². The van der Waals surface area contributed by atoms with Crippen LogP contribution in [-0.2, 0) is 19.6 Å². The molecule has 0 bridgehead atoms. The van der Waals surface area contributed by atoms with Crippen molar-refractivity contribution in [1.29, 1.82) is 0 Å². The summed E-state index contributed by atoms with van der Waals surface area (Å²) in [4.78, 5) is 0. The van der Waals surface area contributed by atoms with E-state index in [1.54, 1.807) is 0 Å².